The van der Waals surface area contributed by atoms with Crippen LogP contribution in [0.4, 0.5) is 5.82 Å². The number of benzene rings is 1. The number of nitrogens with one attached hydrogen (secondary N) is 3. The van der Waals surface area contributed by atoms with Gasteiger partial charge in [-0.1, -0.05) is 25.4 Å². The Labute approximate surface area is 162 Å². The van der Waals surface area contributed by atoms with Gasteiger partial charge in [0.05, 0.1) is 11.8 Å². The molecule has 1 aliphatic rings. The molecule has 2 aromatic rings. The standard InChI is InChI=1S/C19H21ClN4O3/c1-11(2)7-15(19(26)23-17-5-6-21-24-17)22-18(25)13-8-12-9-14(20)3-4-16(12)27-10-13/h3-6,8-9,11,15H,7,10H2,1-2H3,(H,22,25)(H2,21,23,24,26). The van der Waals surface area contributed by atoms with E-state index in [0.29, 0.717) is 28.6 Å². The molecule has 0 bridgehead atoms. The molecule has 0 aliphatic carbocycles. The fourth-order valence-corrected chi connectivity index (χ4v) is 2.96. The molecule has 142 valence electrons. The van der Waals surface area contributed by atoms with Crippen LogP contribution in [0.1, 0.15) is 25.8 Å². The number of carbonyl (C=O) groups is 2. The number of carbonyl (C=O) groups excluding carboxylic acids is 2. The van der Waals surface area contributed by atoms with Crippen molar-refractivity contribution in [3.8, 4) is 5.75 Å². The fraction of sp³-hybridized carbons (Fsp3) is 0.316. The number of hydrogen-bond acceptors (Lipinski definition) is 4. The summed E-state index contributed by atoms with van der Waals surface area (Å²) in [5.41, 5.74) is 1.18. The zero-order valence-electron chi connectivity index (χ0n) is 15.1. The monoisotopic (exact) mass is 388 g/mol. The number of halogens is 1. The fourth-order valence-electron chi connectivity index (χ4n) is 2.78. The highest BCUT2D eigenvalue weighted by atomic mass is 35.5. The molecular formula is C19H21ClN4O3. The minimum Gasteiger partial charge on any atom is -0.488 e. The summed E-state index contributed by atoms with van der Waals surface area (Å²) in [5, 5.41) is 12.6. The second kappa shape index (κ2) is 8.26. The van der Waals surface area contributed by atoms with Gasteiger partial charge in [0.2, 0.25) is 5.91 Å². The molecule has 3 rings (SSSR count). The molecule has 0 radical (unpaired) electrons. The van der Waals surface area contributed by atoms with Gasteiger partial charge in [-0.25, -0.2) is 0 Å². The quantitative estimate of drug-likeness (QED) is 0.708. The van der Waals surface area contributed by atoms with Crippen molar-refractivity contribution in [2.75, 3.05) is 11.9 Å². The van der Waals surface area contributed by atoms with Crippen LogP contribution in [0.3, 0.4) is 0 Å². The Hall–Kier alpha value is -2.80. The van der Waals surface area contributed by atoms with E-state index in [1.807, 2.05) is 13.8 Å². The van der Waals surface area contributed by atoms with Crippen LogP contribution < -0.4 is 15.4 Å². The normalized spacial score (nSPS) is 14.0. The van der Waals surface area contributed by atoms with Crippen molar-refractivity contribution in [2.24, 2.45) is 5.92 Å². The molecule has 0 saturated carbocycles. The summed E-state index contributed by atoms with van der Waals surface area (Å²) in [7, 11) is 0. The van der Waals surface area contributed by atoms with E-state index in [2.05, 4.69) is 20.8 Å². The van der Waals surface area contributed by atoms with Gasteiger partial charge >= 0.3 is 0 Å². The van der Waals surface area contributed by atoms with Crippen molar-refractivity contribution >= 4 is 35.3 Å². The highest BCUT2D eigenvalue weighted by Crippen LogP contribution is 2.29. The molecule has 2 amide bonds. The molecular weight excluding hydrogens is 368 g/mol. The smallest absolute Gasteiger partial charge is 0.251 e. The summed E-state index contributed by atoms with van der Waals surface area (Å²) in [4.78, 5) is 25.3. The second-order valence-electron chi connectivity index (χ2n) is 6.76. The topological polar surface area (TPSA) is 96.1 Å². The molecule has 0 fully saturated rings. The number of fused-ring (bicyclic) bond motifs is 1. The summed E-state index contributed by atoms with van der Waals surface area (Å²) in [6.07, 6.45) is 3.78. The van der Waals surface area contributed by atoms with Crippen LogP contribution in [0, 0.1) is 5.92 Å². The highest BCUT2D eigenvalue weighted by Gasteiger charge is 2.25. The first-order valence-corrected chi connectivity index (χ1v) is 9.04. The van der Waals surface area contributed by atoms with Crippen LogP contribution in [0.25, 0.3) is 6.08 Å². The van der Waals surface area contributed by atoms with Crippen molar-refractivity contribution in [3.05, 3.63) is 46.6 Å². The van der Waals surface area contributed by atoms with Crippen molar-refractivity contribution in [1.29, 1.82) is 0 Å². The van der Waals surface area contributed by atoms with Gasteiger partial charge in [0.1, 0.15) is 24.2 Å². The molecule has 1 aromatic heterocycles. The number of hydrogen-bond donors (Lipinski definition) is 3. The summed E-state index contributed by atoms with van der Waals surface area (Å²) < 4.78 is 5.62. The average molecular weight is 389 g/mol. The lowest BCUT2D eigenvalue weighted by Crippen LogP contribution is -2.45. The van der Waals surface area contributed by atoms with Gasteiger partial charge in [0.15, 0.2) is 0 Å². The molecule has 1 unspecified atom stereocenters. The van der Waals surface area contributed by atoms with Gasteiger partial charge in [-0.2, -0.15) is 5.10 Å². The van der Waals surface area contributed by atoms with E-state index in [4.69, 9.17) is 16.3 Å². The first kappa shape index (κ1) is 19.0. The van der Waals surface area contributed by atoms with Gasteiger partial charge in [-0.15, -0.1) is 0 Å². The predicted octanol–water partition coefficient (Wildman–Crippen LogP) is 3.01. The summed E-state index contributed by atoms with van der Waals surface area (Å²) in [6, 6.07) is 6.20. The van der Waals surface area contributed by atoms with Crippen LogP contribution in [0.2, 0.25) is 5.02 Å². The number of nitrogens with zero attached hydrogens (tertiary/aromatic N) is 1. The zero-order valence-corrected chi connectivity index (χ0v) is 15.8. The first-order valence-electron chi connectivity index (χ1n) is 8.66. The lowest BCUT2D eigenvalue weighted by Gasteiger charge is -2.22. The van der Waals surface area contributed by atoms with Gasteiger partial charge in [-0.3, -0.25) is 14.7 Å². The molecule has 7 nitrogen and oxygen atoms in total. The minimum absolute atomic E-state index is 0.136. The Balaban J connectivity index is 1.73. The lowest BCUT2D eigenvalue weighted by atomic mass is 10.0. The van der Waals surface area contributed by atoms with Crippen LogP contribution in [-0.4, -0.2) is 34.7 Å². The second-order valence-corrected chi connectivity index (χ2v) is 7.19. The van der Waals surface area contributed by atoms with Crippen LogP contribution in [0.5, 0.6) is 5.75 Å². The Morgan fingerprint density at radius 1 is 1.33 bits per heavy atom. The third-order valence-electron chi connectivity index (χ3n) is 4.06. The highest BCUT2D eigenvalue weighted by molar-refractivity contribution is 6.30. The summed E-state index contributed by atoms with van der Waals surface area (Å²) in [6.45, 7) is 4.12. The molecule has 0 saturated heterocycles. The van der Waals surface area contributed by atoms with Crippen molar-refractivity contribution in [3.63, 3.8) is 0 Å². The predicted molar refractivity (Wildman–Crippen MR) is 104 cm³/mol. The number of rotatable bonds is 6. The largest absolute Gasteiger partial charge is 0.488 e. The van der Waals surface area contributed by atoms with Crippen molar-refractivity contribution < 1.29 is 14.3 Å². The summed E-state index contributed by atoms with van der Waals surface area (Å²) in [5.74, 6) is 0.727. The van der Waals surface area contributed by atoms with Gasteiger partial charge in [0.25, 0.3) is 5.91 Å². The van der Waals surface area contributed by atoms with E-state index >= 15 is 0 Å². The maximum Gasteiger partial charge on any atom is 0.251 e. The molecule has 1 atom stereocenters. The number of aromatic amines is 1. The number of anilines is 1. The van der Waals surface area contributed by atoms with Crippen molar-refractivity contribution in [1.82, 2.24) is 15.5 Å². The Bertz CT molecular complexity index is 862. The maximum absolute atomic E-state index is 12.7. The molecule has 8 heteroatoms. The number of aromatic nitrogens is 2. The van der Waals surface area contributed by atoms with Gasteiger partial charge < -0.3 is 15.4 Å². The minimum atomic E-state index is -0.678. The molecule has 27 heavy (non-hydrogen) atoms. The maximum atomic E-state index is 12.7. The van der Waals surface area contributed by atoms with E-state index in [1.165, 1.54) is 0 Å². The van der Waals surface area contributed by atoms with Crippen LogP contribution in [-0.2, 0) is 9.59 Å². The van der Waals surface area contributed by atoms with Gasteiger partial charge in [-0.05, 0) is 36.6 Å². The zero-order chi connectivity index (χ0) is 19.4. The van der Waals surface area contributed by atoms with E-state index in [0.717, 1.165) is 5.56 Å². The van der Waals surface area contributed by atoms with Gasteiger partial charge in [0, 0.05) is 16.7 Å². The van der Waals surface area contributed by atoms with E-state index in [-0.39, 0.29) is 24.3 Å². The molecule has 0 spiro atoms. The average Bonchev–Trinajstić information content (AvgIpc) is 3.13. The third kappa shape index (κ3) is 4.89. The number of H-pyrrole nitrogens is 1. The third-order valence-corrected chi connectivity index (χ3v) is 4.30. The SMILES string of the molecule is CC(C)CC(NC(=O)C1=Cc2cc(Cl)ccc2OC1)C(=O)Nc1ccn[nH]1. The number of amides is 2. The van der Waals surface area contributed by atoms with E-state index in [1.54, 1.807) is 36.5 Å². The van der Waals surface area contributed by atoms with Crippen molar-refractivity contribution in [2.45, 2.75) is 26.3 Å². The Kier molecular flexibility index (Phi) is 5.81. The lowest BCUT2D eigenvalue weighted by molar-refractivity contribution is -0.124. The molecule has 1 aliphatic heterocycles. The molecule has 1 aromatic carbocycles. The molecule has 3 N–H and O–H groups in total. The van der Waals surface area contributed by atoms with Crippen LogP contribution >= 0.6 is 11.6 Å². The van der Waals surface area contributed by atoms with Crippen LogP contribution in [0.15, 0.2) is 36.0 Å². The molecule has 2 heterocycles. The Morgan fingerprint density at radius 3 is 2.85 bits per heavy atom. The van der Waals surface area contributed by atoms with E-state index < -0.39 is 6.04 Å². The summed E-state index contributed by atoms with van der Waals surface area (Å²) >= 11 is 6.01. The number of ether oxygens (including phenoxy) is 1. The van der Waals surface area contributed by atoms with E-state index in [9.17, 15) is 9.59 Å². The first-order chi connectivity index (χ1) is 12.9. The Morgan fingerprint density at radius 2 is 2.15 bits per heavy atom.